The molecule has 2 aromatic rings. The van der Waals surface area contributed by atoms with Crippen molar-refractivity contribution in [1.29, 1.82) is 0 Å². The van der Waals surface area contributed by atoms with Gasteiger partial charge in [-0.3, -0.25) is 4.79 Å². The van der Waals surface area contributed by atoms with Gasteiger partial charge >= 0.3 is 0 Å². The second kappa shape index (κ2) is 7.60. The van der Waals surface area contributed by atoms with Crippen molar-refractivity contribution in [2.45, 2.75) is 44.6 Å². The molecule has 0 N–H and O–H groups in total. The molecule has 2 heterocycles. The number of thioether (sulfide) groups is 1. The predicted molar refractivity (Wildman–Crippen MR) is 99.3 cm³/mol. The highest BCUT2D eigenvalue weighted by Gasteiger charge is 2.29. The lowest BCUT2D eigenvalue weighted by atomic mass is 9.92. The van der Waals surface area contributed by atoms with Crippen molar-refractivity contribution in [3.63, 3.8) is 0 Å². The second-order valence-electron chi connectivity index (χ2n) is 7.19. The Hall–Kier alpha value is -1.82. The summed E-state index contributed by atoms with van der Waals surface area (Å²) in [6.07, 6.45) is 1.19. The summed E-state index contributed by atoms with van der Waals surface area (Å²) in [7, 11) is 0. The van der Waals surface area contributed by atoms with Crippen LogP contribution in [-0.4, -0.2) is 39.3 Å². The molecule has 0 radical (unpaired) electrons. The first-order chi connectivity index (χ1) is 11.9. The molecule has 25 heavy (non-hydrogen) atoms. The van der Waals surface area contributed by atoms with E-state index in [-0.39, 0.29) is 11.2 Å². The van der Waals surface area contributed by atoms with Crippen LogP contribution in [0.3, 0.4) is 0 Å². The highest BCUT2D eigenvalue weighted by molar-refractivity contribution is 8.00. The number of aromatic nitrogens is 2. The van der Waals surface area contributed by atoms with Crippen molar-refractivity contribution < 1.29 is 9.21 Å². The van der Waals surface area contributed by atoms with Crippen LogP contribution in [0, 0.1) is 18.8 Å². The molecule has 134 valence electrons. The Labute approximate surface area is 153 Å². The SMILES string of the molecule is Cc1ccc(-c2nnc(SC(C)C(=O)N3CC(C)CC(C)C3)o2)cc1. The first-order valence-electron chi connectivity index (χ1n) is 8.78. The molecule has 3 rings (SSSR count). The van der Waals surface area contributed by atoms with Crippen molar-refractivity contribution in [3.05, 3.63) is 29.8 Å². The van der Waals surface area contributed by atoms with E-state index in [1.54, 1.807) is 0 Å². The minimum Gasteiger partial charge on any atom is -0.411 e. The quantitative estimate of drug-likeness (QED) is 0.771. The molecule has 0 saturated carbocycles. The molecule has 1 aromatic carbocycles. The topological polar surface area (TPSA) is 59.2 Å². The highest BCUT2D eigenvalue weighted by Crippen LogP contribution is 2.29. The van der Waals surface area contributed by atoms with Crippen molar-refractivity contribution >= 4 is 17.7 Å². The molecule has 1 aliphatic heterocycles. The van der Waals surface area contributed by atoms with Crippen molar-refractivity contribution in [3.8, 4) is 11.5 Å². The summed E-state index contributed by atoms with van der Waals surface area (Å²) in [6, 6.07) is 7.94. The zero-order valence-electron chi connectivity index (χ0n) is 15.2. The lowest BCUT2D eigenvalue weighted by Gasteiger charge is -2.36. The monoisotopic (exact) mass is 359 g/mol. The maximum Gasteiger partial charge on any atom is 0.277 e. The second-order valence-corrected chi connectivity index (χ2v) is 8.48. The van der Waals surface area contributed by atoms with Gasteiger partial charge in [-0.05, 0) is 44.2 Å². The molecule has 0 spiro atoms. The summed E-state index contributed by atoms with van der Waals surface area (Å²) in [5.41, 5.74) is 2.07. The third-order valence-corrected chi connectivity index (χ3v) is 5.43. The number of hydrogen-bond donors (Lipinski definition) is 0. The van der Waals surface area contributed by atoms with Crippen LogP contribution in [0.5, 0.6) is 0 Å². The largest absolute Gasteiger partial charge is 0.411 e. The summed E-state index contributed by atoms with van der Waals surface area (Å²) in [6.45, 7) is 10.0. The molecule has 3 atom stereocenters. The number of nitrogens with zero attached hydrogens (tertiary/aromatic N) is 3. The van der Waals surface area contributed by atoms with E-state index in [4.69, 9.17) is 4.42 Å². The van der Waals surface area contributed by atoms with Crippen LogP contribution in [0.15, 0.2) is 33.9 Å². The summed E-state index contributed by atoms with van der Waals surface area (Å²) < 4.78 is 5.73. The summed E-state index contributed by atoms with van der Waals surface area (Å²) in [5, 5.41) is 8.40. The first kappa shape index (κ1) is 18.0. The zero-order chi connectivity index (χ0) is 18.0. The fraction of sp³-hybridized carbons (Fsp3) is 0.526. The number of rotatable bonds is 4. The molecular weight excluding hydrogens is 334 g/mol. The molecule has 0 aliphatic carbocycles. The standard InChI is InChI=1S/C19H25N3O2S/c1-12-5-7-16(8-6-12)17-20-21-19(24-17)25-15(4)18(23)22-10-13(2)9-14(3)11-22/h5-8,13-15H,9-11H2,1-4H3. The molecule has 6 heteroatoms. The van der Waals surface area contributed by atoms with Crippen LogP contribution < -0.4 is 0 Å². The molecule has 1 fully saturated rings. The Morgan fingerprint density at radius 3 is 2.48 bits per heavy atom. The van der Waals surface area contributed by atoms with Crippen molar-refractivity contribution in [2.24, 2.45) is 11.8 Å². The minimum absolute atomic E-state index is 0.151. The van der Waals surface area contributed by atoms with E-state index in [0.29, 0.717) is 22.9 Å². The lowest BCUT2D eigenvalue weighted by Crippen LogP contribution is -2.45. The van der Waals surface area contributed by atoms with E-state index in [0.717, 1.165) is 18.7 Å². The number of aryl methyl sites for hydroxylation is 1. The van der Waals surface area contributed by atoms with Crippen molar-refractivity contribution in [1.82, 2.24) is 15.1 Å². The van der Waals surface area contributed by atoms with Gasteiger partial charge in [-0.1, -0.05) is 43.3 Å². The molecule has 1 saturated heterocycles. The Bertz CT molecular complexity index is 719. The van der Waals surface area contributed by atoms with Crippen LogP contribution in [0.2, 0.25) is 0 Å². The third kappa shape index (κ3) is 4.42. The maximum atomic E-state index is 12.7. The first-order valence-corrected chi connectivity index (χ1v) is 9.66. The van der Waals surface area contributed by atoms with Crippen LogP contribution in [0.4, 0.5) is 0 Å². The average molecular weight is 359 g/mol. The van der Waals surface area contributed by atoms with E-state index < -0.39 is 0 Å². The van der Waals surface area contributed by atoms with Gasteiger partial charge in [0.05, 0.1) is 5.25 Å². The van der Waals surface area contributed by atoms with Crippen molar-refractivity contribution in [2.75, 3.05) is 13.1 Å². The average Bonchev–Trinajstić information content (AvgIpc) is 3.02. The summed E-state index contributed by atoms with van der Waals surface area (Å²) in [5.74, 6) is 1.75. The van der Waals surface area contributed by atoms with E-state index >= 15 is 0 Å². The predicted octanol–water partition coefficient (Wildman–Crippen LogP) is 4.03. The molecule has 3 unspecified atom stereocenters. The normalized spacial score (nSPS) is 22.0. The third-order valence-electron chi connectivity index (χ3n) is 4.51. The van der Waals surface area contributed by atoms with Gasteiger partial charge < -0.3 is 9.32 Å². The highest BCUT2D eigenvalue weighted by atomic mass is 32.2. The van der Waals surface area contributed by atoms with Crippen LogP contribution in [0.1, 0.15) is 32.8 Å². The Balaban J connectivity index is 1.64. The van der Waals surface area contributed by atoms with Gasteiger partial charge in [0.2, 0.25) is 11.8 Å². The lowest BCUT2D eigenvalue weighted by molar-refractivity contribution is -0.132. The van der Waals surface area contributed by atoms with E-state index in [2.05, 4.69) is 24.0 Å². The Kier molecular flexibility index (Phi) is 5.47. The molecule has 0 bridgehead atoms. The number of piperidine rings is 1. The number of hydrogen-bond acceptors (Lipinski definition) is 5. The summed E-state index contributed by atoms with van der Waals surface area (Å²) >= 11 is 1.33. The van der Waals surface area contributed by atoms with E-state index in [1.807, 2.05) is 43.0 Å². The van der Waals surface area contributed by atoms with Gasteiger partial charge in [-0.15, -0.1) is 10.2 Å². The molecule has 5 nitrogen and oxygen atoms in total. The number of carbonyl (C=O) groups is 1. The number of likely N-dealkylation sites (tertiary alicyclic amines) is 1. The number of benzene rings is 1. The van der Waals surface area contributed by atoms with E-state index in [9.17, 15) is 4.79 Å². The van der Waals surface area contributed by atoms with Crippen LogP contribution in [-0.2, 0) is 4.79 Å². The van der Waals surface area contributed by atoms with Gasteiger partial charge in [0.25, 0.3) is 5.22 Å². The zero-order valence-corrected chi connectivity index (χ0v) is 16.0. The smallest absolute Gasteiger partial charge is 0.277 e. The van der Waals surface area contributed by atoms with Crippen LogP contribution >= 0.6 is 11.8 Å². The molecule has 1 aromatic heterocycles. The maximum absolute atomic E-state index is 12.7. The fourth-order valence-electron chi connectivity index (χ4n) is 3.37. The Morgan fingerprint density at radius 2 is 1.84 bits per heavy atom. The molecule has 1 aliphatic rings. The van der Waals surface area contributed by atoms with Gasteiger partial charge in [0.1, 0.15) is 0 Å². The number of carbonyl (C=O) groups excluding carboxylic acids is 1. The summed E-state index contributed by atoms with van der Waals surface area (Å²) in [4.78, 5) is 14.7. The van der Waals surface area contributed by atoms with Gasteiger partial charge in [-0.25, -0.2) is 0 Å². The van der Waals surface area contributed by atoms with Gasteiger partial charge in [-0.2, -0.15) is 0 Å². The molecule has 1 amide bonds. The van der Waals surface area contributed by atoms with Crippen LogP contribution in [0.25, 0.3) is 11.5 Å². The Morgan fingerprint density at radius 1 is 1.20 bits per heavy atom. The number of amides is 1. The van der Waals surface area contributed by atoms with Gasteiger partial charge in [0.15, 0.2) is 0 Å². The fourth-order valence-corrected chi connectivity index (χ4v) is 4.14. The minimum atomic E-state index is -0.233. The van der Waals surface area contributed by atoms with Gasteiger partial charge in [0, 0.05) is 18.7 Å². The molecular formula is C19H25N3O2S. The van der Waals surface area contributed by atoms with E-state index in [1.165, 1.54) is 23.7 Å².